The van der Waals surface area contributed by atoms with Crippen molar-refractivity contribution in [1.29, 1.82) is 5.26 Å². The van der Waals surface area contributed by atoms with Crippen molar-refractivity contribution in [3.8, 4) is 17.2 Å². The van der Waals surface area contributed by atoms with Gasteiger partial charge >= 0.3 is 0 Å². The summed E-state index contributed by atoms with van der Waals surface area (Å²) in [4.78, 5) is 16.4. The van der Waals surface area contributed by atoms with Crippen LogP contribution in [-0.4, -0.2) is 32.4 Å². The Bertz CT molecular complexity index is 1900. The van der Waals surface area contributed by atoms with Crippen LogP contribution in [0.5, 0.6) is 0 Å². The number of carbonyl (C=O) groups excluding carboxylic acids is 1. The maximum atomic E-state index is 14.0. The maximum absolute atomic E-state index is 14.0. The Balaban J connectivity index is 1.51. The molecule has 0 aliphatic heterocycles. The lowest BCUT2D eigenvalue weighted by Crippen LogP contribution is -2.20. The molecule has 1 unspecified atom stereocenters. The summed E-state index contributed by atoms with van der Waals surface area (Å²) in [6.45, 7) is 8.51. The molecule has 3 aromatic carbocycles. The van der Waals surface area contributed by atoms with Gasteiger partial charge in [0.1, 0.15) is 17.6 Å². The molecule has 2 aromatic heterocycles. The van der Waals surface area contributed by atoms with Crippen LogP contribution in [0.25, 0.3) is 22.0 Å². The lowest BCUT2D eigenvalue weighted by atomic mass is 9.95. The first-order chi connectivity index (χ1) is 21.6. The molecule has 0 bridgehead atoms. The lowest BCUT2D eigenvalue weighted by Gasteiger charge is -2.23. The third kappa shape index (κ3) is 6.78. The van der Waals surface area contributed by atoms with Gasteiger partial charge < -0.3 is 16.0 Å². The number of hydrogen-bond acceptors (Lipinski definition) is 7. The summed E-state index contributed by atoms with van der Waals surface area (Å²) in [6.07, 6.45) is 5.70. The van der Waals surface area contributed by atoms with Crippen molar-refractivity contribution in [1.82, 2.24) is 20.0 Å². The Kier molecular flexibility index (Phi) is 7.94. The molecule has 1 saturated carbocycles. The first-order valence-electron chi connectivity index (χ1n) is 15.0. The molecule has 45 heavy (non-hydrogen) atoms. The smallest absolute Gasteiger partial charge is 0.221 e. The first-order valence-corrected chi connectivity index (χ1v) is 15.0. The largest absolute Gasteiger partial charge is 0.383 e. The fraction of sp³-hybridized carbons (Fsp3) is 0.286. The highest BCUT2D eigenvalue weighted by Gasteiger charge is 2.27. The van der Waals surface area contributed by atoms with Crippen molar-refractivity contribution in [3.05, 3.63) is 95.7 Å². The minimum Gasteiger partial charge on any atom is -0.383 e. The Morgan fingerprint density at radius 2 is 1.82 bits per heavy atom. The molecule has 5 aromatic rings. The summed E-state index contributed by atoms with van der Waals surface area (Å²) in [7, 11) is 0. The topological polar surface area (TPSA) is 121 Å². The molecular formula is C35H35FN8O. The molecule has 0 spiro atoms. The van der Waals surface area contributed by atoms with E-state index >= 15 is 0 Å². The minimum absolute atomic E-state index is 0.0401. The predicted molar refractivity (Wildman–Crippen MR) is 174 cm³/mol. The molecule has 9 nitrogen and oxygen atoms in total. The SMILES string of the molecule is CC(=O)Nc1ccc(-c2cc(NC(c3ccc(F)cc3)c3cn(C4CC4)nn3)cc3c(NCC(C)(C)C)c(C#N)cnc23)cc1. The van der Waals surface area contributed by atoms with E-state index in [0.717, 1.165) is 46.1 Å². The molecule has 6 rings (SSSR count). The second-order valence-corrected chi connectivity index (χ2v) is 12.7. The van der Waals surface area contributed by atoms with E-state index < -0.39 is 6.04 Å². The number of nitrogens with zero attached hydrogens (tertiary/aromatic N) is 5. The van der Waals surface area contributed by atoms with Crippen molar-refractivity contribution in [2.24, 2.45) is 5.41 Å². The Morgan fingerprint density at radius 3 is 2.47 bits per heavy atom. The molecule has 1 aliphatic carbocycles. The number of benzene rings is 3. The number of nitriles is 1. The van der Waals surface area contributed by atoms with Gasteiger partial charge in [0.25, 0.3) is 0 Å². The molecule has 1 fully saturated rings. The zero-order valence-corrected chi connectivity index (χ0v) is 25.7. The third-order valence-electron chi connectivity index (χ3n) is 7.66. The highest BCUT2D eigenvalue weighted by molar-refractivity contribution is 6.04. The number of anilines is 3. The van der Waals surface area contributed by atoms with E-state index in [4.69, 9.17) is 4.98 Å². The number of rotatable bonds is 9. The number of carbonyl (C=O) groups is 1. The number of pyridine rings is 1. The van der Waals surface area contributed by atoms with Crippen molar-refractivity contribution >= 4 is 33.9 Å². The Hall–Kier alpha value is -5.30. The molecule has 1 aliphatic rings. The number of aromatic nitrogens is 4. The Labute approximate surface area is 261 Å². The number of halogens is 1. The van der Waals surface area contributed by atoms with Gasteiger partial charge in [-0.1, -0.05) is 50.3 Å². The molecule has 2 heterocycles. The van der Waals surface area contributed by atoms with Gasteiger partial charge in [-0.05, 0) is 65.8 Å². The molecular weight excluding hydrogens is 567 g/mol. The van der Waals surface area contributed by atoms with Gasteiger partial charge in [0.2, 0.25) is 5.91 Å². The summed E-state index contributed by atoms with van der Waals surface area (Å²) in [5.41, 5.74) is 6.54. The summed E-state index contributed by atoms with van der Waals surface area (Å²) in [6, 6.07) is 20.2. The summed E-state index contributed by atoms with van der Waals surface area (Å²) in [5.74, 6) is -0.468. The van der Waals surface area contributed by atoms with Gasteiger partial charge in [0.15, 0.2) is 0 Å². The third-order valence-corrected chi connectivity index (χ3v) is 7.66. The molecule has 3 N–H and O–H groups in total. The molecule has 0 saturated heterocycles. The van der Waals surface area contributed by atoms with Crippen LogP contribution in [0.2, 0.25) is 0 Å². The average molecular weight is 603 g/mol. The summed E-state index contributed by atoms with van der Waals surface area (Å²) in [5, 5.41) is 29.7. The van der Waals surface area contributed by atoms with Gasteiger partial charge in [-0.3, -0.25) is 9.78 Å². The van der Waals surface area contributed by atoms with Crippen LogP contribution in [0.15, 0.2) is 73.1 Å². The van der Waals surface area contributed by atoms with Crippen LogP contribution in [-0.2, 0) is 4.79 Å². The van der Waals surface area contributed by atoms with E-state index in [0.29, 0.717) is 35.2 Å². The highest BCUT2D eigenvalue weighted by atomic mass is 19.1. The fourth-order valence-electron chi connectivity index (χ4n) is 5.26. The zero-order chi connectivity index (χ0) is 31.7. The second-order valence-electron chi connectivity index (χ2n) is 12.7. The van der Waals surface area contributed by atoms with Crippen LogP contribution in [0.1, 0.15) is 69.4 Å². The van der Waals surface area contributed by atoms with Gasteiger partial charge in [0.05, 0.1) is 35.0 Å². The standard InChI is InChI=1S/C35H35FN8O/c1-21(45)40-26-11-7-22(8-12-26)29-15-27(16-30-32(39-20-35(2,3)4)24(17-37)18-38-34(29)30)41-33(23-5-9-25(36)10-6-23)31-19-44(43-42-31)28-13-14-28/h5-12,15-16,18-19,28,33,41H,13-14,20H2,1-4H3,(H,38,39)(H,40,45). The number of hydrogen-bond donors (Lipinski definition) is 3. The number of nitrogens with one attached hydrogen (secondary N) is 3. The minimum atomic E-state index is -0.427. The van der Waals surface area contributed by atoms with Gasteiger partial charge in [-0.15, -0.1) is 5.10 Å². The van der Waals surface area contributed by atoms with Crippen molar-refractivity contribution in [3.63, 3.8) is 0 Å². The van der Waals surface area contributed by atoms with Crippen LogP contribution in [0, 0.1) is 22.6 Å². The van der Waals surface area contributed by atoms with Crippen molar-refractivity contribution in [2.75, 3.05) is 22.5 Å². The van der Waals surface area contributed by atoms with Crippen LogP contribution in [0.3, 0.4) is 0 Å². The normalized spacial score (nSPS) is 13.7. The number of amides is 1. The second kappa shape index (κ2) is 12.0. The first kappa shape index (κ1) is 29.8. The monoisotopic (exact) mass is 602 g/mol. The lowest BCUT2D eigenvalue weighted by molar-refractivity contribution is -0.114. The fourth-order valence-corrected chi connectivity index (χ4v) is 5.26. The van der Waals surface area contributed by atoms with Crippen molar-refractivity contribution in [2.45, 2.75) is 52.6 Å². The van der Waals surface area contributed by atoms with E-state index in [1.54, 1.807) is 18.3 Å². The van der Waals surface area contributed by atoms with Gasteiger partial charge in [-0.25, -0.2) is 9.07 Å². The quantitative estimate of drug-likeness (QED) is 0.160. The van der Waals surface area contributed by atoms with Gasteiger partial charge in [0, 0.05) is 42.0 Å². The predicted octanol–water partition coefficient (Wildman–Crippen LogP) is 7.46. The Morgan fingerprint density at radius 1 is 1.09 bits per heavy atom. The summed E-state index contributed by atoms with van der Waals surface area (Å²) >= 11 is 0. The van der Waals surface area contributed by atoms with E-state index in [2.05, 4.69) is 53.1 Å². The van der Waals surface area contributed by atoms with Gasteiger partial charge in [-0.2, -0.15) is 5.26 Å². The van der Waals surface area contributed by atoms with E-state index in [1.807, 2.05) is 47.3 Å². The highest BCUT2D eigenvalue weighted by Crippen LogP contribution is 2.39. The van der Waals surface area contributed by atoms with Crippen LogP contribution < -0.4 is 16.0 Å². The number of fused-ring (bicyclic) bond motifs is 1. The molecule has 0 radical (unpaired) electrons. The summed E-state index contributed by atoms with van der Waals surface area (Å²) < 4.78 is 15.9. The van der Waals surface area contributed by atoms with Crippen LogP contribution in [0.4, 0.5) is 21.5 Å². The molecule has 10 heteroatoms. The average Bonchev–Trinajstić information content (AvgIpc) is 3.75. The van der Waals surface area contributed by atoms with E-state index in [1.165, 1.54) is 19.1 Å². The van der Waals surface area contributed by atoms with E-state index in [-0.39, 0.29) is 17.1 Å². The zero-order valence-electron chi connectivity index (χ0n) is 25.7. The van der Waals surface area contributed by atoms with Crippen LogP contribution >= 0.6 is 0 Å². The maximum Gasteiger partial charge on any atom is 0.221 e. The molecule has 1 amide bonds. The molecule has 228 valence electrons. The van der Waals surface area contributed by atoms with E-state index in [9.17, 15) is 14.4 Å². The molecule has 1 atom stereocenters. The van der Waals surface area contributed by atoms with Crippen molar-refractivity contribution < 1.29 is 9.18 Å².